The normalized spacial score (nSPS) is 13.4. The molecule has 0 saturated carbocycles. The van der Waals surface area contributed by atoms with Crippen molar-refractivity contribution in [1.29, 1.82) is 0 Å². The molecular formula is C10H11BrClFO3S. The summed E-state index contributed by atoms with van der Waals surface area (Å²) in [6, 6.07) is 4.04. The van der Waals surface area contributed by atoms with Crippen molar-refractivity contribution in [2.75, 3.05) is 12.4 Å². The molecule has 0 spiro atoms. The minimum absolute atomic E-state index is 0.147. The lowest BCUT2D eigenvalue weighted by atomic mass is 10.2. The van der Waals surface area contributed by atoms with Crippen LogP contribution in [-0.4, -0.2) is 20.8 Å². The van der Waals surface area contributed by atoms with Crippen molar-refractivity contribution in [1.82, 2.24) is 0 Å². The van der Waals surface area contributed by atoms with E-state index in [9.17, 15) is 12.8 Å². The Labute approximate surface area is 112 Å². The predicted molar refractivity (Wildman–Crippen MR) is 68.4 cm³/mol. The van der Waals surface area contributed by atoms with Gasteiger partial charge in [0, 0.05) is 22.7 Å². The van der Waals surface area contributed by atoms with E-state index < -0.39 is 14.9 Å². The molecule has 3 nitrogen and oxygen atoms in total. The van der Waals surface area contributed by atoms with E-state index in [1.165, 1.54) is 18.2 Å². The summed E-state index contributed by atoms with van der Waals surface area (Å²) < 4.78 is 40.5. The largest absolute Gasteiger partial charge is 0.492 e. The van der Waals surface area contributed by atoms with Crippen LogP contribution in [0, 0.1) is 11.7 Å². The van der Waals surface area contributed by atoms with E-state index in [2.05, 4.69) is 15.9 Å². The van der Waals surface area contributed by atoms with Crippen LogP contribution in [0.15, 0.2) is 22.7 Å². The molecule has 1 aromatic rings. The monoisotopic (exact) mass is 344 g/mol. The molecule has 1 unspecified atom stereocenters. The summed E-state index contributed by atoms with van der Waals surface area (Å²) >= 11 is 3.21. The highest BCUT2D eigenvalue weighted by Crippen LogP contribution is 2.26. The summed E-state index contributed by atoms with van der Waals surface area (Å²) in [6.07, 6.45) is 0. The Morgan fingerprint density at radius 1 is 1.53 bits per heavy atom. The predicted octanol–water partition coefficient (Wildman–Crippen LogP) is 3.17. The molecule has 1 atom stereocenters. The van der Waals surface area contributed by atoms with Crippen LogP contribution in [0.1, 0.15) is 6.92 Å². The summed E-state index contributed by atoms with van der Waals surface area (Å²) in [5, 5.41) is 0. The third-order valence-electron chi connectivity index (χ3n) is 1.90. The number of ether oxygens (including phenoxy) is 1. The van der Waals surface area contributed by atoms with Gasteiger partial charge in [0.1, 0.15) is 11.6 Å². The molecular weight excluding hydrogens is 335 g/mol. The highest BCUT2D eigenvalue weighted by atomic mass is 79.9. The van der Waals surface area contributed by atoms with Gasteiger partial charge >= 0.3 is 0 Å². The van der Waals surface area contributed by atoms with Gasteiger partial charge in [-0.05, 0) is 28.1 Å². The van der Waals surface area contributed by atoms with Gasteiger partial charge in [-0.3, -0.25) is 0 Å². The highest BCUT2D eigenvalue weighted by Gasteiger charge is 2.14. The molecule has 0 aliphatic carbocycles. The Kier molecular flexibility index (Phi) is 5.22. The molecule has 0 aliphatic heterocycles. The van der Waals surface area contributed by atoms with Crippen molar-refractivity contribution in [2.45, 2.75) is 6.92 Å². The van der Waals surface area contributed by atoms with E-state index >= 15 is 0 Å². The minimum atomic E-state index is -3.54. The van der Waals surface area contributed by atoms with E-state index in [0.29, 0.717) is 10.2 Å². The fraction of sp³-hybridized carbons (Fsp3) is 0.400. The first kappa shape index (κ1) is 14.7. The van der Waals surface area contributed by atoms with E-state index in [1.54, 1.807) is 6.92 Å². The summed E-state index contributed by atoms with van der Waals surface area (Å²) in [6.45, 7) is 1.83. The van der Waals surface area contributed by atoms with Gasteiger partial charge in [-0.15, -0.1) is 0 Å². The second kappa shape index (κ2) is 6.02. The zero-order valence-electron chi connectivity index (χ0n) is 8.99. The molecule has 0 aliphatic rings. The average molecular weight is 346 g/mol. The van der Waals surface area contributed by atoms with Gasteiger partial charge in [0.05, 0.1) is 16.8 Å². The number of hydrogen-bond acceptors (Lipinski definition) is 3. The molecule has 7 heteroatoms. The molecule has 0 saturated heterocycles. The van der Waals surface area contributed by atoms with Crippen molar-refractivity contribution in [2.24, 2.45) is 5.92 Å². The maximum atomic E-state index is 12.9. The standard InChI is InChI=1S/C10H11BrClFO3S/c1-7(6-17(12,14)15)5-16-10-4-8(13)2-3-9(10)11/h2-4,7H,5-6H2,1H3. The second-order valence-electron chi connectivity index (χ2n) is 3.70. The topological polar surface area (TPSA) is 43.4 Å². The van der Waals surface area contributed by atoms with Crippen molar-refractivity contribution in [3.05, 3.63) is 28.5 Å². The first-order chi connectivity index (χ1) is 7.78. The van der Waals surface area contributed by atoms with Crippen LogP contribution >= 0.6 is 26.6 Å². The maximum Gasteiger partial charge on any atom is 0.232 e. The Balaban J connectivity index is 2.58. The fourth-order valence-corrected chi connectivity index (χ4v) is 2.99. The molecule has 0 bridgehead atoms. The summed E-state index contributed by atoms with van der Waals surface area (Å²) in [5.41, 5.74) is 0. The first-order valence-corrected chi connectivity index (χ1v) is 8.05. The molecule has 0 radical (unpaired) electrons. The highest BCUT2D eigenvalue weighted by molar-refractivity contribution is 9.10. The molecule has 1 rings (SSSR count). The fourth-order valence-electron chi connectivity index (χ4n) is 1.21. The van der Waals surface area contributed by atoms with E-state index in [0.717, 1.165) is 0 Å². The molecule has 0 N–H and O–H groups in total. The van der Waals surface area contributed by atoms with Crippen molar-refractivity contribution < 1.29 is 17.5 Å². The van der Waals surface area contributed by atoms with Crippen LogP contribution in [0.2, 0.25) is 0 Å². The van der Waals surface area contributed by atoms with Crippen LogP contribution in [0.25, 0.3) is 0 Å². The third-order valence-corrected chi connectivity index (χ3v) is 3.90. The second-order valence-corrected chi connectivity index (χ2v) is 7.37. The Bertz CT molecular complexity index is 492. The zero-order valence-corrected chi connectivity index (χ0v) is 12.1. The number of hydrogen-bond donors (Lipinski definition) is 0. The van der Waals surface area contributed by atoms with Gasteiger partial charge in [-0.2, -0.15) is 0 Å². The average Bonchev–Trinajstić information content (AvgIpc) is 2.17. The number of benzene rings is 1. The summed E-state index contributed by atoms with van der Waals surface area (Å²) in [7, 11) is 1.57. The molecule has 1 aromatic carbocycles. The minimum Gasteiger partial charge on any atom is -0.492 e. The van der Waals surface area contributed by atoms with Gasteiger partial charge < -0.3 is 4.74 Å². The van der Waals surface area contributed by atoms with Gasteiger partial charge in [0.15, 0.2) is 0 Å². The van der Waals surface area contributed by atoms with Crippen molar-refractivity contribution >= 4 is 35.7 Å². The smallest absolute Gasteiger partial charge is 0.232 e. The number of rotatable bonds is 5. The zero-order chi connectivity index (χ0) is 13.1. The Morgan fingerprint density at radius 2 is 2.18 bits per heavy atom. The van der Waals surface area contributed by atoms with Crippen molar-refractivity contribution in [3.63, 3.8) is 0 Å². The first-order valence-electron chi connectivity index (χ1n) is 4.78. The van der Waals surface area contributed by atoms with Gasteiger partial charge in [0.25, 0.3) is 0 Å². The van der Waals surface area contributed by atoms with Crippen LogP contribution in [-0.2, 0) is 9.05 Å². The summed E-state index contributed by atoms with van der Waals surface area (Å²) in [5.74, 6) is -0.529. The van der Waals surface area contributed by atoms with Crippen LogP contribution in [0.4, 0.5) is 4.39 Å². The molecule has 0 fully saturated rings. The molecule has 0 heterocycles. The van der Waals surface area contributed by atoms with Gasteiger partial charge in [-0.1, -0.05) is 6.92 Å². The van der Waals surface area contributed by atoms with Gasteiger partial charge in [0.2, 0.25) is 9.05 Å². The van der Waals surface area contributed by atoms with E-state index in [1.807, 2.05) is 0 Å². The van der Waals surface area contributed by atoms with Crippen molar-refractivity contribution in [3.8, 4) is 5.75 Å². The lowest BCUT2D eigenvalue weighted by Crippen LogP contribution is -2.16. The molecule has 0 amide bonds. The molecule has 17 heavy (non-hydrogen) atoms. The lowest BCUT2D eigenvalue weighted by Gasteiger charge is -2.12. The Hall–Kier alpha value is -0.330. The number of halogens is 3. The van der Waals surface area contributed by atoms with Crippen LogP contribution in [0.3, 0.4) is 0 Å². The van der Waals surface area contributed by atoms with Crippen LogP contribution < -0.4 is 4.74 Å². The quantitative estimate of drug-likeness (QED) is 0.770. The third kappa shape index (κ3) is 5.70. The van der Waals surface area contributed by atoms with Crippen LogP contribution in [0.5, 0.6) is 5.75 Å². The molecule has 0 aromatic heterocycles. The summed E-state index contributed by atoms with van der Waals surface area (Å²) in [4.78, 5) is 0. The Morgan fingerprint density at radius 3 is 2.76 bits per heavy atom. The van der Waals surface area contributed by atoms with E-state index in [4.69, 9.17) is 15.4 Å². The molecule has 96 valence electrons. The SMILES string of the molecule is CC(COc1cc(F)ccc1Br)CS(=O)(=O)Cl. The van der Waals surface area contributed by atoms with E-state index in [-0.39, 0.29) is 18.3 Å². The lowest BCUT2D eigenvalue weighted by molar-refractivity contribution is 0.269. The van der Waals surface area contributed by atoms with Gasteiger partial charge in [-0.25, -0.2) is 12.8 Å². The maximum absolute atomic E-state index is 12.9.